The number of nitrogens with zero attached hydrogens (tertiary/aromatic N) is 3. The van der Waals surface area contributed by atoms with Gasteiger partial charge in [0, 0.05) is 0 Å². The topological polar surface area (TPSA) is 59.5 Å². The van der Waals surface area contributed by atoms with Crippen molar-refractivity contribution >= 4 is 5.52 Å². The van der Waals surface area contributed by atoms with Crippen LogP contribution in [0.3, 0.4) is 0 Å². The molecule has 0 aliphatic rings. The van der Waals surface area contributed by atoms with Crippen LogP contribution in [0.2, 0.25) is 0 Å². The Morgan fingerprint density at radius 1 is 1.25 bits per heavy atom. The summed E-state index contributed by atoms with van der Waals surface area (Å²) >= 11 is 0. The van der Waals surface area contributed by atoms with Crippen LogP contribution in [0, 0.1) is 18.7 Å². The lowest BCUT2D eigenvalue weighted by Gasteiger charge is -2.20. The van der Waals surface area contributed by atoms with Gasteiger partial charge in [0.25, 0.3) is 0 Å². The molecule has 126 valence electrons. The summed E-state index contributed by atoms with van der Waals surface area (Å²) in [5.41, 5.74) is 1.11. The summed E-state index contributed by atoms with van der Waals surface area (Å²) in [6.07, 6.45) is -0.874. The molecule has 0 bridgehead atoms. The number of aliphatic hydroxyl groups excluding tert-OH is 1. The van der Waals surface area contributed by atoms with Crippen LogP contribution in [0.1, 0.15) is 36.9 Å². The summed E-state index contributed by atoms with van der Waals surface area (Å²) in [7, 11) is 0. The van der Waals surface area contributed by atoms with Crippen LogP contribution in [-0.4, -0.2) is 19.3 Å². The quantitative estimate of drug-likeness (QED) is 0.800. The first-order valence-electron chi connectivity index (χ1n) is 7.90. The van der Waals surface area contributed by atoms with Crippen molar-refractivity contribution in [1.29, 1.82) is 0 Å². The summed E-state index contributed by atoms with van der Waals surface area (Å²) < 4.78 is 16.7. The van der Waals surface area contributed by atoms with Crippen LogP contribution in [0.25, 0.3) is 5.52 Å². The van der Waals surface area contributed by atoms with Gasteiger partial charge in [0.05, 0.1) is 24.0 Å². The molecule has 0 saturated carbocycles. The first-order valence-corrected chi connectivity index (χ1v) is 7.90. The van der Waals surface area contributed by atoms with Crippen molar-refractivity contribution in [2.45, 2.75) is 33.4 Å². The van der Waals surface area contributed by atoms with Crippen molar-refractivity contribution in [3.05, 3.63) is 69.7 Å². The monoisotopic (exact) mass is 329 g/mol. The number of hydrogen-bond acceptors (Lipinski definition) is 3. The Bertz CT molecular complexity index is 929. The number of fused-ring (bicyclic) bond motifs is 1. The van der Waals surface area contributed by atoms with Crippen molar-refractivity contribution in [3.63, 3.8) is 0 Å². The zero-order valence-electron chi connectivity index (χ0n) is 13.9. The number of rotatable bonds is 4. The fourth-order valence-corrected chi connectivity index (χ4v) is 2.75. The fraction of sp³-hybridized carbons (Fsp3) is 0.333. The van der Waals surface area contributed by atoms with E-state index in [4.69, 9.17) is 0 Å². The number of aryl methyl sites for hydroxylation is 1. The summed E-state index contributed by atoms with van der Waals surface area (Å²) in [4.78, 5) is 12.8. The normalized spacial score (nSPS) is 12.9. The molecule has 0 saturated heterocycles. The van der Waals surface area contributed by atoms with E-state index in [-0.39, 0.29) is 23.7 Å². The largest absolute Gasteiger partial charge is 0.387 e. The Labute approximate surface area is 139 Å². The van der Waals surface area contributed by atoms with Gasteiger partial charge in [-0.05, 0) is 24.5 Å². The van der Waals surface area contributed by atoms with Crippen LogP contribution in [0.5, 0.6) is 0 Å². The minimum absolute atomic E-state index is 0.0940. The summed E-state index contributed by atoms with van der Waals surface area (Å²) in [5.74, 6) is -0.642. The summed E-state index contributed by atoms with van der Waals surface area (Å²) in [6.45, 7) is 5.51. The Hall–Kier alpha value is -2.47. The van der Waals surface area contributed by atoms with Gasteiger partial charge in [-0.15, -0.1) is 0 Å². The van der Waals surface area contributed by atoms with Gasteiger partial charge in [0.15, 0.2) is 5.82 Å². The van der Waals surface area contributed by atoms with Gasteiger partial charge < -0.3 is 5.11 Å². The molecule has 6 heteroatoms. The summed E-state index contributed by atoms with van der Waals surface area (Å²) in [5, 5.41) is 14.5. The average Bonchev–Trinajstić information content (AvgIpc) is 2.85. The first-order chi connectivity index (χ1) is 11.4. The molecule has 0 aliphatic heterocycles. The highest BCUT2D eigenvalue weighted by Crippen LogP contribution is 2.23. The molecule has 1 unspecified atom stereocenters. The molecule has 5 nitrogen and oxygen atoms in total. The van der Waals surface area contributed by atoms with Crippen molar-refractivity contribution in [1.82, 2.24) is 14.2 Å². The van der Waals surface area contributed by atoms with Crippen LogP contribution >= 0.6 is 0 Å². The standard InChI is InChI=1S/C18H20FN3O2/c1-11(2)17(23)15-9-14-16(19)12(3)20-22(14)18(24)21(15)10-13-7-5-4-6-8-13/h4-9,11,17,23H,10H2,1-3H3. The molecule has 2 heterocycles. The second-order valence-electron chi connectivity index (χ2n) is 6.31. The molecule has 3 rings (SSSR count). The zero-order valence-corrected chi connectivity index (χ0v) is 13.9. The third-order valence-corrected chi connectivity index (χ3v) is 4.15. The minimum atomic E-state index is -0.874. The van der Waals surface area contributed by atoms with Crippen molar-refractivity contribution in [2.75, 3.05) is 0 Å². The highest BCUT2D eigenvalue weighted by atomic mass is 19.1. The van der Waals surface area contributed by atoms with Gasteiger partial charge in [0.2, 0.25) is 0 Å². The predicted molar refractivity (Wildman–Crippen MR) is 89.5 cm³/mol. The molecule has 0 aliphatic carbocycles. The maximum atomic E-state index is 14.2. The highest BCUT2D eigenvalue weighted by Gasteiger charge is 2.22. The molecular weight excluding hydrogens is 309 g/mol. The lowest BCUT2D eigenvalue weighted by atomic mass is 10.0. The van der Waals surface area contributed by atoms with Gasteiger partial charge in [-0.2, -0.15) is 9.61 Å². The predicted octanol–water partition coefficient (Wildman–Crippen LogP) is 2.68. The number of aliphatic hydroxyl groups is 1. The van der Waals surface area contributed by atoms with Gasteiger partial charge in [-0.3, -0.25) is 4.57 Å². The molecule has 1 N–H and O–H groups in total. The number of halogens is 1. The average molecular weight is 329 g/mol. The smallest absolute Gasteiger partial charge is 0.349 e. The van der Waals surface area contributed by atoms with Crippen LogP contribution in [-0.2, 0) is 6.54 Å². The summed E-state index contributed by atoms with van der Waals surface area (Å²) in [6, 6.07) is 11.0. The van der Waals surface area contributed by atoms with Gasteiger partial charge in [-0.1, -0.05) is 44.2 Å². The van der Waals surface area contributed by atoms with E-state index in [0.717, 1.165) is 10.1 Å². The van der Waals surface area contributed by atoms with Gasteiger partial charge in [0.1, 0.15) is 5.52 Å². The maximum Gasteiger partial charge on any atom is 0.349 e. The van der Waals surface area contributed by atoms with E-state index in [1.54, 1.807) is 0 Å². The van der Waals surface area contributed by atoms with E-state index < -0.39 is 17.6 Å². The third-order valence-electron chi connectivity index (χ3n) is 4.15. The second kappa shape index (κ2) is 6.20. The molecule has 0 amide bonds. The molecule has 0 radical (unpaired) electrons. The van der Waals surface area contributed by atoms with Crippen molar-refractivity contribution in [3.8, 4) is 0 Å². The molecule has 0 spiro atoms. The van der Waals surface area contributed by atoms with Gasteiger partial charge in [-0.25, -0.2) is 9.18 Å². The Morgan fingerprint density at radius 3 is 2.54 bits per heavy atom. The maximum absolute atomic E-state index is 14.2. The number of hydrogen-bond donors (Lipinski definition) is 1. The Kier molecular flexibility index (Phi) is 4.24. The molecular formula is C18H20FN3O2. The molecule has 3 aromatic rings. The molecule has 0 fully saturated rings. The number of aromatic nitrogens is 3. The number of benzene rings is 1. The SMILES string of the molecule is Cc1nn2c(=O)n(Cc3ccccc3)c(C(O)C(C)C)cc2c1F. The van der Waals surface area contributed by atoms with Crippen LogP contribution in [0.4, 0.5) is 4.39 Å². The van der Waals surface area contributed by atoms with Gasteiger partial charge >= 0.3 is 5.69 Å². The Balaban J connectivity index is 2.26. The van der Waals surface area contributed by atoms with E-state index in [9.17, 15) is 14.3 Å². The second-order valence-corrected chi connectivity index (χ2v) is 6.31. The van der Waals surface area contributed by atoms with E-state index in [1.807, 2.05) is 44.2 Å². The van der Waals surface area contributed by atoms with E-state index >= 15 is 0 Å². The van der Waals surface area contributed by atoms with E-state index in [1.165, 1.54) is 17.6 Å². The van der Waals surface area contributed by atoms with Crippen LogP contribution in [0.15, 0.2) is 41.2 Å². The molecule has 1 atom stereocenters. The van der Waals surface area contributed by atoms with E-state index in [2.05, 4.69) is 5.10 Å². The first kappa shape index (κ1) is 16.4. The Morgan fingerprint density at radius 2 is 1.92 bits per heavy atom. The molecule has 1 aromatic carbocycles. The minimum Gasteiger partial charge on any atom is -0.387 e. The molecule has 2 aromatic heterocycles. The lowest BCUT2D eigenvalue weighted by molar-refractivity contribution is 0.117. The third kappa shape index (κ3) is 2.73. The van der Waals surface area contributed by atoms with Crippen LogP contribution < -0.4 is 5.69 Å². The van der Waals surface area contributed by atoms with Crippen molar-refractivity contribution < 1.29 is 9.50 Å². The zero-order chi connectivity index (χ0) is 17.4. The fourth-order valence-electron chi connectivity index (χ4n) is 2.75. The highest BCUT2D eigenvalue weighted by molar-refractivity contribution is 5.50. The van der Waals surface area contributed by atoms with E-state index in [0.29, 0.717) is 5.69 Å². The molecule has 24 heavy (non-hydrogen) atoms. The lowest BCUT2D eigenvalue weighted by Crippen LogP contribution is -2.32. The van der Waals surface area contributed by atoms with Crippen molar-refractivity contribution in [2.24, 2.45) is 5.92 Å².